The van der Waals surface area contributed by atoms with Crippen LogP contribution in [0.1, 0.15) is 31.2 Å². The molecule has 0 atom stereocenters. The SMILES string of the molecule is O=[C]CN(NC(=O)C1CCCC1)C(=O)/C=C/c1ccccc1. The van der Waals surface area contributed by atoms with E-state index in [-0.39, 0.29) is 18.4 Å². The van der Waals surface area contributed by atoms with Crippen molar-refractivity contribution in [2.24, 2.45) is 5.92 Å². The minimum atomic E-state index is -0.446. The molecule has 0 unspecified atom stereocenters. The summed E-state index contributed by atoms with van der Waals surface area (Å²) < 4.78 is 0. The summed E-state index contributed by atoms with van der Waals surface area (Å²) in [7, 11) is 0. The molecule has 1 aromatic rings. The molecule has 1 aromatic carbocycles. The number of carbonyl (C=O) groups is 2. The van der Waals surface area contributed by atoms with Crippen LogP contribution >= 0.6 is 0 Å². The van der Waals surface area contributed by atoms with Crippen LogP contribution < -0.4 is 5.43 Å². The number of nitrogens with one attached hydrogen (secondary N) is 1. The first-order valence-corrected chi connectivity index (χ1v) is 7.41. The van der Waals surface area contributed by atoms with Crippen LogP contribution in [0.15, 0.2) is 36.4 Å². The molecular formula is C17H19N2O3. The van der Waals surface area contributed by atoms with Crippen LogP contribution in [0.4, 0.5) is 0 Å². The number of hydrazine groups is 1. The molecule has 5 heteroatoms. The van der Waals surface area contributed by atoms with E-state index in [1.54, 1.807) is 12.4 Å². The largest absolute Gasteiger partial charge is 0.289 e. The van der Waals surface area contributed by atoms with Crippen molar-refractivity contribution in [3.05, 3.63) is 42.0 Å². The van der Waals surface area contributed by atoms with Gasteiger partial charge >= 0.3 is 0 Å². The van der Waals surface area contributed by atoms with Crippen molar-refractivity contribution in [2.75, 3.05) is 6.54 Å². The van der Waals surface area contributed by atoms with Gasteiger partial charge in [-0.1, -0.05) is 43.2 Å². The zero-order valence-electron chi connectivity index (χ0n) is 12.3. The van der Waals surface area contributed by atoms with E-state index in [1.165, 1.54) is 6.08 Å². The second-order valence-electron chi connectivity index (χ2n) is 5.27. The third-order valence-electron chi connectivity index (χ3n) is 3.68. The number of nitrogens with zero attached hydrogens (tertiary/aromatic N) is 1. The zero-order valence-corrected chi connectivity index (χ0v) is 12.3. The van der Waals surface area contributed by atoms with Gasteiger partial charge < -0.3 is 0 Å². The Labute approximate surface area is 130 Å². The van der Waals surface area contributed by atoms with Gasteiger partial charge in [-0.2, -0.15) is 0 Å². The van der Waals surface area contributed by atoms with Crippen molar-refractivity contribution in [3.8, 4) is 0 Å². The molecular weight excluding hydrogens is 280 g/mol. The lowest BCUT2D eigenvalue weighted by Crippen LogP contribution is -2.48. The summed E-state index contributed by atoms with van der Waals surface area (Å²) in [6.07, 6.45) is 8.34. The van der Waals surface area contributed by atoms with E-state index in [0.717, 1.165) is 36.3 Å². The van der Waals surface area contributed by atoms with E-state index in [2.05, 4.69) is 5.43 Å². The molecule has 1 radical (unpaired) electrons. The first-order chi connectivity index (χ1) is 10.7. The Bertz CT molecular complexity index is 548. The molecule has 0 heterocycles. The number of hydrogen-bond acceptors (Lipinski definition) is 3. The van der Waals surface area contributed by atoms with Gasteiger partial charge in [0.2, 0.25) is 12.2 Å². The average Bonchev–Trinajstić information content (AvgIpc) is 3.07. The Kier molecular flexibility index (Phi) is 5.89. The molecule has 1 N–H and O–H groups in total. The second-order valence-corrected chi connectivity index (χ2v) is 5.27. The third-order valence-corrected chi connectivity index (χ3v) is 3.68. The second kappa shape index (κ2) is 8.12. The summed E-state index contributed by atoms with van der Waals surface area (Å²) >= 11 is 0. The van der Waals surface area contributed by atoms with Crippen LogP contribution in [0.5, 0.6) is 0 Å². The monoisotopic (exact) mass is 299 g/mol. The van der Waals surface area contributed by atoms with Gasteiger partial charge in [0.05, 0.1) is 0 Å². The van der Waals surface area contributed by atoms with Crippen LogP contribution in [0.2, 0.25) is 0 Å². The molecule has 0 saturated heterocycles. The number of amides is 2. The van der Waals surface area contributed by atoms with Gasteiger partial charge in [-0.15, -0.1) is 0 Å². The Morgan fingerprint density at radius 1 is 1.23 bits per heavy atom. The van der Waals surface area contributed by atoms with Crippen molar-refractivity contribution >= 4 is 24.2 Å². The number of carbonyl (C=O) groups excluding carboxylic acids is 3. The molecule has 5 nitrogen and oxygen atoms in total. The predicted molar refractivity (Wildman–Crippen MR) is 83.0 cm³/mol. The molecule has 1 aliphatic carbocycles. The predicted octanol–water partition coefficient (Wildman–Crippen LogP) is 1.86. The normalized spacial score (nSPS) is 14.9. The van der Waals surface area contributed by atoms with E-state index in [0.29, 0.717) is 0 Å². The van der Waals surface area contributed by atoms with Gasteiger partial charge in [0.15, 0.2) is 0 Å². The highest BCUT2D eigenvalue weighted by atomic mass is 16.2. The summed E-state index contributed by atoms with van der Waals surface area (Å²) in [6.45, 7) is -0.281. The van der Waals surface area contributed by atoms with Crippen molar-refractivity contribution in [3.63, 3.8) is 0 Å². The van der Waals surface area contributed by atoms with E-state index >= 15 is 0 Å². The van der Waals surface area contributed by atoms with E-state index in [9.17, 15) is 14.4 Å². The van der Waals surface area contributed by atoms with Crippen LogP contribution in [-0.2, 0) is 14.4 Å². The van der Waals surface area contributed by atoms with Gasteiger partial charge in [-0.3, -0.25) is 19.8 Å². The van der Waals surface area contributed by atoms with Gasteiger partial charge in [-0.25, -0.2) is 5.01 Å². The highest BCUT2D eigenvalue weighted by Crippen LogP contribution is 2.24. The van der Waals surface area contributed by atoms with E-state index in [4.69, 9.17) is 0 Å². The lowest BCUT2D eigenvalue weighted by atomic mass is 10.1. The highest BCUT2D eigenvalue weighted by Gasteiger charge is 2.25. The maximum atomic E-state index is 12.1. The van der Waals surface area contributed by atoms with Crippen molar-refractivity contribution in [2.45, 2.75) is 25.7 Å². The van der Waals surface area contributed by atoms with Gasteiger partial charge in [0.25, 0.3) is 5.91 Å². The third kappa shape index (κ3) is 4.55. The summed E-state index contributed by atoms with van der Waals surface area (Å²) in [4.78, 5) is 34.8. The summed E-state index contributed by atoms with van der Waals surface area (Å²) in [5.74, 6) is -0.715. The molecule has 0 spiro atoms. The van der Waals surface area contributed by atoms with Crippen molar-refractivity contribution in [1.29, 1.82) is 0 Å². The van der Waals surface area contributed by atoms with Gasteiger partial charge in [0.1, 0.15) is 6.54 Å². The Morgan fingerprint density at radius 3 is 2.55 bits per heavy atom. The zero-order chi connectivity index (χ0) is 15.8. The first-order valence-electron chi connectivity index (χ1n) is 7.41. The fourth-order valence-electron chi connectivity index (χ4n) is 2.47. The quantitative estimate of drug-likeness (QED) is 0.666. The van der Waals surface area contributed by atoms with Gasteiger partial charge in [0, 0.05) is 12.0 Å². The van der Waals surface area contributed by atoms with Crippen molar-refractivity contribution in [1.82, 2.24) is 10.4 Å². The molecule has 1 aliphatic rings. The summed E-state index contributed by atoms with van der Waals surface area (Å²) in [5, 5.41) is 1.01. The molecule has 2 amide bonds. The maximum Gasteiger partial charge on any atom is 0.265 e. The number of rotatable bonds is 5. The maximum absolute atomic E-state index is 12.1. The van der Waals surface area contributed by atoms with E-state index in [1.807, 2.05) is 30.3 Å². The smallest absolute Gasteiger partial charge is 0.265 e. The first kappa shape index (κ1) is 15.9. The molecule has 1 saturated carbocycles. The Morgan fingerprint density at radius 2 is 1.91 bits per heavy atom. The fourth-order valence-corrected chi connectivity index (χ4v) is 2.47. The van der Waals surface area contributed by atoms with Crippen LogP contribution in [0, 0.1) is 5.92 Å². The van der Waals surface area contributed by atoms with Gasteiger partial charge in [-0.05, 0) is 24.5 Å². The standard InChI is InChI=1S/C17H19N2O3/c20-13-12-19(18-17(22)15-8-4-5-9-15)16(21)11-10-14-6-2-1-3-7-14/h1-3,6-7,10-11,15H,4-5,8-9,12H2,(H,18,22)/b11-10+. The Balaban J connectivity index is 1.97. The summed E-state index contributed by atoms with van der Waals surface area (Å²) in [6, 6.07) is 9.33. The molecule has 0 bridgehead atoms. The van der Waals surface area contributed by atoms with Crippen LogP contribution in [-0.4, -0.2) is 29.7 Å². The minimum absolute atomic E-state index is 0.0694. The number of hydrogen-bond donors (Lipinski definition) is 1. The highest BCUT2D eigenvalue weighted by molar-refractivity contribution is 5.94. The lowest BCUT2D eigenvalue weighted by Gasteiger charge is -2.21. The van der Waals surface area contributed by atoms with Crippen molar-refractivity contribution < 1.29 is 14.4 Å². The minimum Gasteiger partial charge on any atom is -0.289 e. The molecule has 115 valence electrons. The molecule has 22 heavy (non-hydrogen) atoms. The molecule has 0 aliphatic heterocycles. The molecule has 1 fully saturated rings. The molecule has 0 aromatic heterocycles. The fraction of sp³-hybridized carbons (Fsp3) is 0.353. The van der Waals surface area contributed by atoms with E-state index < -0.39 is 5.91 Å². The molecule has 2 rings (SSSR count). The van der Waals surface area contributed by atoms with Crippen LogP contribution in [0.25, 0.3) is 6.08 Å². The average molecular weight is 299 g/mol. The Hall–Kier alpha value is -2.43. The topological polar surface area (TPSA) is 66.5 Å². The summed E-state index contributed by atoms with van der Waals surface area (Å²) in [5.41, 5.74) is 3.40. The van der Waals surface area contributed by atoms with Crippen LogP contribution in [0.3, 0.4) is 0 Å². The lowest BCUT2D eigenvalue weighted by molar-refractivity contribution is -0.139. The number of benzene rings is 1.